The van der Waals surface area contributed by atoms with Gasteiger partial charge in [-0.15, -0.1) is 0 Å². The fourth-order valence-electron chi connectivity index (χ4n) is 1.92. The molecule has 10 heteroatoms. The van der Waals surface area contributed by atoms with E-state index in [2.05, 4.69) is 0 Å². The Morgan fingerprint density at radius 1 is 1.04 bits per heavy atom. The van der Waals surface area contributed by atoms with Crippen LogP contribution in [0.4, 0.5) is 5.69 Å². The van der Waals surface area contributed by atoms with Crippen molar-refractivity contribution in [2.75, 3.05) is 10.8 Å². The lowest BCUT2D eigenvalue weighted by atomic mass is 10.3. The van der Waals surface area contributed by atoms with E-state index >= 15 is 0 Å². The molecule has 6 nitrogen and oxygen atoms in total. The summed E-state index contributed by atoms with van der Waals surface area (Å²) in [7, 11) is -4.13. The standard InChI is InChI=1S/C14H12Cl3N3O3S/c15-9-4-6-10(7-5-9)24(22,23)20(8-13(21)19-18)14-11(16)2-1-3-12(14)17/h1-7H,8,18H2,(H,19,21). The lowest BCUT2D eigenvalue weighted by molar-refractivity contribution is -0.119. The van der Waals surface area contributed by atoms with Crippen molar-refractivity contribution in [3.63, 3.8) is 0 Å². The summed E-state index contributed by atoms with van der Waals surface area (Å²) in [6.45, 7) is -0.592. The molecule has 2 aromatic rings. The van der Waals surface area contributed by atoms with Gasteiger partial charge in [-0.3, -0.25) is 14.5 Å². The van der Waals surface area contributed by atoms with E-state index in [0.717, 1.165) is 4.31 Å². The van der Waals surface area contributed by atoms with Gasteiger partial charge < -0.3 is 0 Å². The van der Waals surface area contributed by atoms with Gasteiger partial charge in [-0.05, 0) is 36.4 Å². The summed E-state index contributed by atoms with van der Waals surface area (Å²) < 4.78 is 26.7. The van der Waals surface area contributed by atoms with E-state index in [0.29, 0.717) is 5.02 Å². The number of nitrogens with zero attached hydrogens (tertiary/aromatic N) is 1. The van der Waals surface area contributed by atoms with Crippen molar-refractivity contribution in [2.45, 2.75) is 4.90 Å². The number of nitrogens with two attached hydrogens (primary N) is 1. The van der Waals surface area contributed by atoms with Crippen molar-refractivity contribution in [1.82, 2.24) is 5.43 Å². The first kappa shape index (κ1) is 18.8. The van der Waals surface area contributed by atoms with Crippen LogP contribution in [-0.2, 0) is 14.8 Å². The molecule has 1 amide bonds. The van der Waals surface area contributed by atoms with E-state index in [1.165, 1.54) is 36.4 Å². The van der Waals surface area contributed by atoms with E-state index in [1.807, 2.05) is 5.43 Å². The Labute approximate surface area is 154 Å². The Hall–Kier alpha value is -1.51. The summed E-state index contributed by atoms with van der Waals surface area (Å²) in [6.07, 6.45) is 0. The summed E-state index contributed by atoms with van der Waals surface area (Å²) in [5.74, 6) is 4.34. The first-order chi connectivity index (χ1) is 11.3. The summed E-state index contributed by atoms with van der Waals surface area (Å²) in [6, 6.07) is 9.96. The molecule has 2 rings (SSSR count). The minimum Gasteiger partial charge on any atom is -0.293 e. The van der Waals surface area contributed by atoms with E-state index in [1.54, 1.807) is 6.07 Å². The number of hydrogen-bond acceptors (Lipinski definition) is 4. The topological polar surface area (TPSA) is 92.5 Å². The maximum absolute atomic E-state index is 12.9. The average Bonchev–Trinajstić information content (AvgIpc) is 2.53. The van der Waals surface area contributed by atoms with Crippen LogP contribution in [0.1, 0.15) is 0 Å². The van der Waals surface area contributed by atoms with Crippen LogP contribution in [0.15, 0.2) is 47.4 Å². The minimum absolute atomic E-state index is 0.0145. The zero-order valence-electron chi connectivity index (χ0n) is 12.0. The van der Waals surface area contributed by atoms with Crippen molar-refractivity contribution in [3.05, 3.63) is 57.5 Å². The van der Waals surface area contributed by atoms with E-state index in [4.69, 9.17) is 40.6 Å². The average molecular weight is 409 g/mol. The molecule has 0 aliphatic heterocycles. The molecular weight excluding hydrogens is 397 g/mol. The molecule has 128 valence electrons. The smallest absolute Gasteiger partial charge is 0.264 e. The maximum atomic E-state index is 12.9. The number of nitrogens with one attached hydrogen (secondary N) is 1. The van der Waals surface area contributed by atoms with Gasteiger partial charge in [-0.2, -0.15) is 0 Å². The highest BCUT2D eigenvalue weighted by Crippen LogP contribution is 2.36. The molecular formula is C14H12Cl3N3O3S. The number of carbonyl (C=O) groups excluding carboxylic acids is 1. The third-order valence-electron chi connectivity index (χ3n) is 3.04. The first-order valence-electron chi connectivity index (χ1n) is 6.49. The molecule has 0 saturated heterocycles. The summed E-state index contributed by atoms with van der Waals surface area (Å²) >= 11 is 18.0. The van der Waals surface area contributed by atoms with Crippen molar-refractivity contribution >= 4 is 56.4 Å². The Kier molecular flexibility index (Phi) is 5.95. The maximum Gasteiger partial charge on any atom is 0.264 e. The van der Waals surface area contributed by atoms with Gasteiger partial charge in [0.2, 0.25) is 0 Å². The number of hydrogen-bond donors (Lipinski definition) is 2. The SMILES string of the molecule is NNC(=O)CN(c1c(Cl)cccc1Cl)S(=O)(=O)c1ccc(Cl)cc1. The molecule has 3 N–H and O–H groups in total. The predicted molar refractivity (Wildman–Crippen MR) is 94.8 cm³/mol. The Morgan fingerprint density at radius 2 is 1.58 bits per heavy atom. The second-order valence-electron chi connectivity index (χ2n) is 4.60. The largest absolute Gasteiger partial charge is 0.293 e. The van der Waals surface area contributed by atoms with Crippen molar-refractivity contribution < 1.29 is 13.2 Å². The number of anilines is 1. The Bertz CT molecular complexity index is 837. The third kappa shape index (κ3) is 3.93. The van der Waals surface area contributed by atoms with Crippen molar-refractivity contribution in [1.29, 1.82) is 0 Å². The van der Waals surface area contributed by atoms with Gasteiger partial charge >= 0.3 is 0 Å². The van der Waals surface area contributed by atoms with Crippen LogP contribution in [0.5, 0.6) is 0 Å². The van der Waals surface area contributed by atoms with Gasteiger partial charge in [0.1, 0.15) is 6.54 Å². The highest BCUT2D eigenvalue weighted by atomic mass is 35.5. The van der Waals surface area contributed by atoms with Gasteiger partial charge in [0.05, 0.1) is 20.6 Å². The zero-order valence-corrected chi connectivity index (χ0v) is 15.1. The van der Waals surface area contributed by atoms with Gasteiger partial charge in [0.15, 0.2) is 0 Å². The highest BCUT2D eigenvalue weighted by Gasteiger charge is 2.30. The zero-order chi connectivity index (χ0) is 17.9. The monoisotopic (exact) mass is 407 g/mol. The number of sulfonamides is 1. The van der Waals surface area contributed by atoms with Crippen LogP contribution in [0.25, 0.3) is 0 Å². The molecule has 2 aromatic carbocycles. The summed E-state index contributed by atoms with van der Waals surface area (Å²) in [5, 5.41) is 0.519. The highest BCUT2D eigenvalue weighted by molar-refractivity contribution is 7.92. The molecule has 0 aliphatic carbocycles. The lowest BCUT2D eigenvalue weighted by Crippen LogP contribution is -2.43. The van der Waals surface area contributed by atoms with Crippen molar-refractivity contribution in [3.8, 4) is 0 Å². The van der Waals surface area contributed by atoms with Crippen LogP contribution in [0.2, 0.25) is 15.1 Å². The Balaban J connectivity index is 2.62. The molecule has 0 heterocycles. The fraction of sp³-hybridized carbons (Fsp3) is 0.0714. The summed E-state index contributed by atoms with van der Waals surface area (Å²) in [4.78, 5) is 11.6. The molecule has 0 bridgehead atoms. The van der Waals surface area contributed by atoms with Gasteiger partial charge in [-0.25, -0.2) is 14.3 Å². The molecule has 0 radical (unpaired) electrons. The molecule has 0 saturated carbocycles. The second kappa shape index (κ2) is 7.58. The van der Waals surface area contributed by atoms with Gasteiger partial charge in [-0.1, -0.05) is 40.9 Å². The van der Waals surface area contributed by atoms with Crippen LogP contribution >= 0.6 is 34.8 Å². The predicted octanol–water partition coefficient (Wildman–Crippen LogP) is 2.83. The number of halogens is 3. The molecule has 0 aliphatic rings. The minimum atomic E-state index is -4.13. The third-order valence-corrected chi connectivity index (χ3v) is 5.66. The normalized spacial score (nSPS) is 11.2. The number of para-hydroxylation sites is 1. The second-order valence-corrected chi connectivity index (χ2v) is 7.72. The number of carbonyl (C=O) groups is 1. The molecule has 0 atom stereocenters. The van der Waals surface area contributed by atoms with Crippen LogP contribution < -0.4 is 15.6 Å². The number of rotatable bonds is 5. The van der Waals surface area contributed by atoms with Gasteiger partial charge in [0, 0.05) is 5.02 Å². The van der Waals surface area contributed by atoms with Crippen molar-refractivity contribution in [2.24, 2.45) is 5.84 Å². The summed E-state index contributed by atoms with van der Waals surface area (Å²) in [5.41, 5.74) is 1.87. The first-order valence-corrected chi connectivity index (χ1v) is 9.06. The van der Waals surface area contributed by atoms with E-state index in [-0.39, 0.29) is 20.6 Å². The van der Waals surface area contributed by atoms with E-state index < -0.39 is 22.5 Å². The van der Waals surface area contributed by atoms with Gasteiger partial charge in [0.25, 0.3) is 15.9 Å². The quantitative estimate of drug-likeness (QED) is 0.452. The molecule has 0 aromatic heterocycles. The number of hydrazine groups is 1. The number of benzene rings is 2. The Morgan fingerprint density at radius 3 is 2.08 bits per heavy atom. The lowest BCUT2D eigenvalue weighted by Gasteiger charge is -2.25. The van der Waals surface area contributed by atoms with Crippen LogP contribution in [0.3, 0.4) is 0 Å². The van der Waals surface area contributed by atoms with Crippen LogP contribution in [-0.4, -0.2) is 20.9 Å². The fourth-order valence-corrected chi connectivity index (χ4v) is 4.21. The molecule has 0 unspecified atom stereocenters. The molecule has 0 spiro atoms. The van der Waals surface area contributed by atoms with E-state index in [9.17, 15) is 13.2 Å². The number of amides is 1. The van der Waals surface area contributed by atoms with Crippen LogP contribution in [0, 0.1) is 0 Å². The molecule has 0 fully saturated rings. The molecule has 24 heavy (non-hydrogen) atoms.